The van der Waals surface area contributed by atoms with E-state index in [-0.39, 0.29) is 29.7 Å². The van der Waals surface area contributed by atoms with Gasteiger partial charge in [-0.1, -0.05) is 6.07 Å². The van der Waals surface area contributed by atoms with Crippen molar-refractivity contribution in [2.75, 3.05) is 19.8 Å². The van der Waals surface area contributed by atoms with E-state index in [4.69, 9.17) is 11.5 Å². The summed E-state index contributed by atoms with van der Waals surface area (Å²) in [6.07, 6.45) is 1.73. The van der Waals surface area contributed by atoms with E-state index in [1.807, 2.05) is 0 Å². The first-order valence-corrected chi connectivity index (χ1v) is 11.6. The molecule has 0 bridgehead atoms. The number of nitrogens with two attached hydrogens (primary N) is 2. The second kappa shape index (κ2) is 8.15. The van der Waals surface area contributed by atoms with Gasteiger partial charge in [0.1, 0.15) is 22.8 Å². The number of nitrogen functional groups attached to an aromatic ring is 1. The quantitative estimate of drug-likeness (QED) is 0.195. The first-order chi connectivity index (χ1) is 17.4. The van der Waals surface area contributed by atoms with Crippen molar-refractivity contribution < 1.29 is 34.8 Å². The van der Waals surface area contributed by atoms with E-state index < -0.39 is 63.8 Å². The molecule has 37 heavy (non-hydrogen) atoms. The summed E-state index contributed by atoms with van der Waals surface area (Å²) in [7, 11) is 3.10. The van der Waals surface area contributed by atoms with E-state index in [0.29, 0.717) is 16.8 Å². The summed E-state index contributed by atoms with van der Waals surface area (Å²) < 4.78 is 0. The van der Waals surface area contributed by atoms with Crippen LogP contribution in [0.3, 0.4) is 0 Å². The number of rotatable bonds is 3. The molecule has 0 saturated heterocycles. The van der Waals surface area contributed by atoms with Gasteiger partial charge in [0, 0.05) is 23.3 Å². The molecule has 5 rings (SSSR count). The number of carbonyl (C=O) groups excluding carboxylic acids is 3. The number of nitrogens with zero attached hydrogens (tertiary/aromatic N) is 2. The molecule has 4 atom stereocenters. The molecule has 8 N–H and O–H groups in total. The number of aliphatic hydroxyl groups excluding tert-OH is 2. The number of aliphatic hydroxyl groups is 3. The molecule has 1 amide bonds. The van der Waals surface area contributed by atoms with Crippen molar-refractivity contribution in [2.24, 2.45) is 17.6 Å². The highest BCUT2D eigenvalue weighted by molar-refractivity contribution is 6.24. The van der Waals surface area contributed by atoms with Crippen molar-refractivity contribution in [1.29, 1.82) is 0 Å². The molecule has 3 aliphatic rings. The van der Waals surface area contributed by atoms with Gasteiger partial charge in [0.25, 0.3) is 5.91 Å². The fourth-order valence-electron chi connectivity index (χ4n) is 6.08. The van der Waals surface area contributed by atoms with Gasteiger partial charge in [-0.05, 0) is 56.6 Å². The highest BCUT2D eigenvalue weighted by Crippen LogP contribution is 2.54. The predicted octanol–water partition coefficient (Wildman–Crippen LogP) is 0.608. The van der Waals surface area contributed by atoms with Crippen LogP contribution in [0.25, 0.3) is 17.0 Å². The number of anilines is 1. The second-order valence-corrected chi connectivity index (χ2v) is 9.89. The first-order valence-electron chi connectivity index (χ1n) is 11.6. The molecular formula is C26H26N4O7. The van der Waals surface area contributed by atoms with Crippen molar-refractivity contribution in [3.63, 3.8) is 0 Å². The molecule has 1 aromatic carbocycles. The maximum atomic E-state index is 13.9. The Morgan fingerprint density at radius 3 is 2.49 bits per heavy atom. The summed E-state index contributed by atoms with van der Waals surface area (Å²) in [6, 6.07) is 5.64. The van der Waals surface area contributed by atoms with Crippen LogP contribution in [-0.4, -0.2) is 73.5 Å². The van der Waals surface area contributed by atoms with E-state index in [1.165, 1.54) is 11.0 Å². The Kier molecular flexibility index (Phi) is 5.39. The van der Waals surface area contributed by atoms with Crippen LogP contribution in [0.1, 0.15) is 17.5 Å². The number of amides is 1. The number of phenolic OH excluding ortho intramolecular Hbond substituents is 1. The zero-order valence-corrected chi connectivity index (χ0v) is 20.1. The van der Waals surface area contributed by atoms with Crippen LogP contribution >= 0.6 is 0 Å². The zero-order valence-electron chi connectivity index (χ0n) is 20.1. The summed E-state index contributed by atoms with van der Waals surface area (Å²) in [5, 5.41) is 44.7. The molecule has 192 valence electrons. The molecule has 2 aromatic rings. The lowest BCUT2D eigenvalue weighted by molar-refractivity contribution is -0.153. The van der Waals surface area contributed by atoms with Gasteiger partial charge in [0.15, 0.2) is 11.4 Å². The van der Waals surface area contributed by atoms with Crippen LogP contribution in [-0.2, 0) is 20.8 Å². The maximum absolute atomic E-state index is 13.9. The van der Waals surface area contributed by atoms with E-state index >= 15 is 0 Å². The van der Waals surface area contributed by atoms with Crippen molar-refractivity contribution in [1.82, 2.24) is 9.88 Å². The molecule has 3 aliphatic carbocycles. The number of aromatic nitrogens is 1. The molecule has 11 heteroatoms. The molecule has 0 radical (unpaired) electrons. The molecule has 1 saturated carbocycles. The summed E-state index contributed by atoms with van der Waals surface area (Å²) in [5.41, 5.74) is 9.03. The monoisotopic (exact) mass is 506 g/mol. The Bertz CT molecular complexity index is 1450. The number of ketones is 2. The van der Waals surface area contributed by atoms with Gasteiger partial charge >= 0.3 is 0 Å². The summed E-state index contributed by atoms with van der Waals surface area (Å²) in [6.45, 7) is 0. The van der Waals surface area contributed by atoms with Crippen LogP contribution in [0.15, 0.2) is 47.4 Å². The van der Waals surface area contributed by atoms with E-state index in [1.54, 1.807) is 38.5 Å². The lowest BCUT2D eigenvalue weighted by Crippen LogP contribution is -2.65. The van der Waals surface area contributed by atoms with Crippen LogP contribution < -0.4 is 11.5 Å². The lowest BCUT2D eigenvalue weighted by Gasteiger charge is -2.50. The Hall–Kier alpha value is -4.22. The molecule has 0 spiro atoms. The SMILES string of the molecule is CN(C)[C@@H]1C(=O)C(C(N)=O)=C(O)[C@@]2(O)C(=O)C3=C(O)c4c(O)c(N)cc(-c5ccccn5)c4C[C@H]3C[C@@H]12. The van der Waals surface area contributed by atoms with E-state index in [2.05, 4.69) is 4.98 Å². The number of Topliss-reactive ketones (excluding diaryl/α,β-unsaturated/α-hetero) is 2. The average Bonchev–Trinajstić information content (AvgIpc) is 2.83. The number of primary amides is 1. The Balaban J connectivity index is 1.77. The number of hydrogen-bond acceptors (Lipinski definition) is 10. The molecule has 1 fully saturated rings. The minimum absolute atomic E-state index is 0.00143. The van der Waals surface area contributed by atoms with Crippen LogP contribution in [0.5, 0.6) is 5.75 Å². The lowest BCUT2D eigenvalue weighted by atomic mass is 9.57. The number of benzene rings is 1. The average molecular weight is 507 g/mol. The summed E-state index contributed by atoms with van der Waals surface area (Å²) >= 11 is 0. The largest absolute Gasteiger partial charge is 0.508 e. The summed E-state index contributed by atoms with van der Waals surface area (Å²) in [5.74, 6) is -7.16. The van der Waals surface area contributed by atoms with Gasteiger partial charge in [0.05, 0.1) is 23.0 Å². The van der Waals surface area contributed by atoms with Crippen LogP contribution in [0.4, 0.5) is 5.69 Å². The zero-order chi connectivity index (χ0) is 27.0. The predicted molar refractivity (Wildman–Crippen MR) is 132 cm³/mol. The Morgan fingerprint density at radius 2 is 1.89 bits per heavy atom. The number of likely N-dealkylation sites (N-methyl/N-ethyl adjacent to an activating group) is 1. The van der Waals surface area contributed by atoms with Gasteiger partial charge in [-0.15, -0.1) is 0 Å². The smallest absolute Gasteiger partial charge is 0.255 e. The third-order valence-corrected chi connectivity index (χ3v) is 7.69. The standard InChI is InChI=1S/C26H26N4O7/c1-30(2)19-13-8-10-7-12-11(15-5-3-4-6-29-15)9-14(27)20(31)17(12)21(32)16(10)23(34)26(13,37)24(35)18(22(19)33)25(28)36/h3-6,9-10,13,19,31-32,35,37H,7-8,27H2,1-2H3,(H2,28,36)/t10-,13-,19-,26-/m0/s1. The third kappa shape index (κ3) is 3.20. The Labute approximate surface area is 211 Å². The second-order valence-electron chi connectivity index (χ2n) is 9.89. The van der Waals surface area contributed by atoms with Gasteiger partial charge in [0.2, 0.25) is 5.78 Å². The normalized spacial score (nSPS) is 27.2. The summed E-state index contributed by atoms with van der Waals surface area (Å²) in [4.78, 5) is 44.9. The number of aromatic hydroxyl groups is 1. The number of carbonyl (C=O) groups is 3. The third-order valence-electron chi connectivity index (χ3n) is 7.69. The Morgan fingerprint density at radius 1 is 1.19 bits per heavy atom. The number of fused-ring (bicyclic) bond motifs is 3. The van der Waals surface area contributed by atoms with Gasteiger partial charge in [-0.25, -0.2) is 0 Å². The minimum atomic E-state index is -2.69. The van der Waals surface area contributed by atoms with Crippen LogP contribution in [0, 0.1) is 11.8 Å². The van der Waals surface area contributed by atoms with E-state index in [0.717, 1.165) is 0 Å². The number of phenols is 1. The van der Waals surface area contributed by atoms with Crippen molar-refractivity contribution in [3.05, 3.63) is 58.5 Å². The maximum Gasteiger partial charge on any atom is 0.255 e. The topological polar surface area (TPSA) is 200 Å². The highest BCUT2D eigenvalue weighted by atomic mass is 16.3. The van der Waals surface area contributed by atoms with Gasteiger partial charge < -0.3 is 31.9 Å². The van der Waals surface area contributed by atoms with E-state index in [9.17, 15) is 34.8 Å². The number of hydrogen-bond donors (Lipinski definition) is 6. The molecule has 0 unspecified atom stereocenters. The number of pyridine rings is 1. The fourth-order valence-corrected chi connectivity index (χ4v) is 6.08. The fraction of sp³-hybridized carbons (Fsp3) is 0.308. The first kappa shape index (κ1) is 24.5. The van der Waals surface area contributed by atoms with Gasteiger partial charge in [-0.2, -0.15) is 0 Å². The van der Waals surface area contributed by atoms with Crippen molar-refractivity contribution in [2.45, 2.75) is 24.5 Å². The molecule has 1 aromatic heterocycles. The van der Waals surface area contributed by atoms with Crippen LogP contribution in [0.2, 0.25) is 0 Å². The molecule has 11 nitrogen and oxygen atoms in total. The molecular weight excluding hydrogens is 480 g/mol. The van der Waals surface area contributed by atoms with Crippen molar-refractivity contribution >= 4 is 28.9 Å². The molecule has 0 aliphatic heterocycles. The van der Waals surface area contributed by atoms with Gasteiger partial charge in [-0.3, -0.25) is 24.3 Å². The molecule has 1 heterocycles. The minimum Gasteiger partial charge on any atom is -0.508 e. The van der Waals surface area contributed by atoms with Crippen molar-refractivity contribution in [3.8, 4) is 17.0 Å². The highest BCUT2D eigenvalue weighted by Gasteiger charge is 2.64.